The van der Waals surface area contributed by atoms with E-state index in [-0.39, 0.29) is 5.75 Å². The van der Waals surface area contributed by atoms with Crippen molar-refractivity contribution in [3.05, 3.63) is 26.6 Å². The van der Waals surface area contributed by atoms with Crippen molar-refractivity contribution in [3.8, 4) is 5.75 Å². The van der Waals surface area contributed by atoms with E-state index in [4.69, 9.17) is 0 Å². The highest BCUT2D eigenvalue weighted by Gasteiger charge is 2.53. The average molecular weight is 415 g/mol. The molecule has 1 aromatic rings. The van der Waals surface area contributed by atoms with E-state index < -0.39 is 0 Å². The molecule has 2 N–H and O–H groups in total. The van der Waals surface area contributed by atoms with Crippen LogP contribution in [0.1, 0.15) is 37.7 Å². The lowest BCUT2D eigenvalue weighted by molar-refractivity contribution is 0.208. The Morgan fingerprint density at radius 2 is 1.76 bits per heavy atom. The summed E-state index contributed by atoms with van der Waals surface area (Å²) in [6.45, 7) is 0.892. The minimum Gasteiger partial charge on any atom is -0.506 e. The number of hydrogen-bond acceptors (Lipinski definition) is 2. The van der Waals surface area contributed by atoms with Gasteiger partial charge in [0.15, 0.2) is 0 Å². The summed E-state index contributed by atoms with van der Waals surface area (Å²) in [7, 11) is 0. The molecule has 0 aliphatic heterocycles. The molecule has 0 amide bonds. The van der Waals surface area contributed by atoms with Crippen LogP contribution in [0.5, 0.6) is 5.75 Å². The highest BCUT2D eigenvalue weighted by molar-refractivity contribution is 9.11. The second-order valence-corrected chi connectivity index (χ2v) is 8.76. The van der Waals surface area contributed by atoms with Crippen molar-refractivity contribution < 1.29 is 5.11 Å². The number of aromatic hydroxyl groups is 1. The van der Waals surface area contributed by atoms with Gasteiger partial charge in [0.05, 0.1) is 8.95 Å². The first-order chi connectivity index (χ1) is 10.1. The van der Waals surface area contributed by atoms with Crippen LogP contribution in [0.3, 0.4) is 0 Å². The summed E-state index contributed by atoms with van der Waals surface area (Å²) < 4.78 is 1.52. The molecule has 5 unspecified atom stereocenters. The minimum absolute atomic E-state index is 0.285. The van der Waals surface area contributed by atoms with Gasteiger partial charge in [0.1, 0.15) is 5.75 Å². The Bertz CT molecular complexity index is 539. The highest BCUT2D eigenvalue weighted by atomic mass is 79.9. The van der Waals surface area contributed by atoms with Crippen LogP contribution in [-0.4, -0.2) is 11.1 Å². The molecule has 0 spiro atoms. The zero-order valence-corrected chi connectivity index (χ0v) is 15.2. The van der Waals surface area contributed by atoms with E-state index in [0.29, 0.717) is 6.04 Å². The third-order valence-electron chi connectivity index (χ3n) is 6.07. The molecular formula is C17H21Br2NO. The number of fused-ring (bicyclic) bond motifs is 5. The van der Waals surface area contributed by atoms with E-state index >= 15 is 0 Å². The predicted molar refractivity (Wildman–Crippen MR) is 91.2 cm³/mol. The van der Waals surface area contributed by atoms with Crippen LogP contribution < -0.4 is 5.32 Å². The number of phenolic OH excluding ortho intramolecular Hbond substituents is 1. The maximum Gasteiger partial charge on any atom is 0.143 e. The number of rotatable bonds is 3. The summed E-state index contributed by atoms with van der Waals surface area (Å²) in [4.78, 5) is 0. The first kappa shape index (κ1) is 14.5. The maximum absolute atomic E-state index is 9.78. The Hall–Kier alpha value is -0.0600. The number of phenols is 1. The summed E-state index contributed by atoms with van der Waals surface area (Å²) in [6, 6.07) is 4.73. The Balaban J connectivity index is 1.42. The van der Waals surface area contributed by atoms with Crippen LogP contribution in [0.2, 0.25) is 0 Å². The summed E-state index contributed by atoms with van der Waals surface area (Å²) in [5, 5.41) is 13.6. The summed E-state index contributed by atoms with van der Waals surface area (Å²) >= 11 is 6.82. The lowest BCUT2D eigenvalue weighted by atomic mass is 9.79. The molecule has 3 aliphatic rings. The van der Waals surface area contributed by atoms with Gasteiger partial charge in [-0.25, -0.2) is 0 Å². The fourth-order valence-corrected chi connectivity index (χ4v) is 6.55. The Morgan fingerprint density at radius 3 is 2.52 bits per heavy atom. The monoisotopic (exact) mass is 413 g/mol. The molecule has 21 heavy (non-hydrogen) atoms. The highest BCUT2D eigenvalue weighted by Crippen LogP contribution is 2.58. The first-order valence-electron chi connectivity index (χ1n) is 8.03. The van der Waals surface area contributed by atoms with Crippen LogP contribution in [0.25, 0.3) is 0 Å². The van der Waals surface area contributed by atoms with Gasteiger partial charge in [0, 0.05) is 12.6 Å². The molecule has 2 nitrogen and oxygen atoms in total. The topological polar surface area (TPSA) is 32.3 Å². The van der Waals surface area contributed by atoms with E-state index in [0.717, 1.165) is 39.2 Å². The van der Waals surface area contributed by atoms with Gasteiger partial charge in [0.25, 0.3) is 0 Å². The van der Waals surface area contributed by atoms with Crippen LogP contribution in [-0.2, 0) is 6.54 Å². The molecule has 2 bridgehead atoms. The summed E-state index contributed by atoms with van der Waals surface area (Å²) in [5.41, 5.74) is 1.22. The second-order valence-electron chi connectivity index (χ2n) is 7.05. The summed E-state index contributed by atoms with van der Waals surface area (Å²) in [6.07, 6.45) is 7.28. The standard InChI is InChI=1S/C17H21Br2NO/c18-14-4-9(5-15(19)17(14)21)8-20-16-7-10-6-13(16)12-3-1-2-11(10)12/h4-5,10-13,16,20-21H,1-3,6-8H2. The van der Waals surface area contributed by atoms with E-state index in [1.807, 2.05) is 12.1 Å². The third kappa shape index (κ3) is 2.47. The van der Waals surface area contributed by atoms with Crippen molar-refractivity contribution >= 4 is 31.9 Å². The van der Waals surface area contributed by atoms with E-state index in [2.05, 4.69) is 37.2 Å². The molecule has 3 fully saturated rings. The Morgan fingerprint density at radius 1 is 1.05 bits per heavy atom. The molecule has 0 radical (unpaired) electrons. The second kappa shape index (κ2) is 5.54. The van der Waals surface area contributed by atoms with Gasteiger partial charge in [-0.15, -0.1) is 0 Å². The molecule has 3 saturated carbocycles. The van der Waals surface area contributed by atoms with Crippen molar-refractivity contribution in [2.24, 2.45) is 23.7 Å². The molecule has 0 heterocycles. The predicted octanol–water partition coefficient (Wildman–Crippen LogP) is 4.83. The molecule has 114 valence electrons. The van der Waals surface area contributed by atoms with Crippen molar-refractivity contribution in [1.29, 1.82) is 0 Å². The SMILES string of the molecule is Oc1c(Br)cc(CNC2CC3CC2C2CCCC32)cc1Br. The van der Waals surface area contributed by atoms with E-state index in [1.54, 1.807) is 0 Å². The molecule has 5 atom stereocenters. The van der Waals surface area contributed by atoms with Gasteiger partial charge in [-0.3, -0.25) is 0 Å². The largest absolute Gasteiger partial charge is 0.506 e. The van der Waals surface area contributed by atoms with Crippen molar-refractivity contribution in [1.82, 2.24) is 5.32 Å². The van der Waals surface area contributed by atoms with Gasteiger partial charge < -0.3 is 10.4 Å². The van der Waals surface area contributed by atoms with Crippen molar-refractivity contribution in [3.63, 3.8) is 0 Å². The molecular weight excluding hydrogens is 394 g/mol. The number of hydrogen-bond donors (Lipinski definition) is 2. The van der Waals surface area contributed by atoms with Crippen LogP contribution in [0.15, 0.2) is 21.1 Å². The minimum atomic E-state index is 0.285. The van der Waals surface area contributed by atoms with Gasteiger partial charge in [-0.1, -0.05) is 6.42 Å². The molecule has 3 aliphatic carbocycles. The lowest BCUT2D eigenvalue weighted by Gasteiger charge is -2.32. The number of halogens is 2. The molecule has 4 rings (SSSR count). The molecule has 0 aromatic heterocycles. The van der Waals surface area contributed by atoms with E-state index in [9.17, 15) is 5.11 Å². The number of nitrogens with one attached hydrogen (secondary N) is 1. The maximum atomic E-state index is 9.78. The van der Waals surface area contributed by atoms with Crippen LogP contribution in [0.4, 0.5) is 0 Å². The van der Waals surface area contributed by atoms with Crippen molar-refractivity contribution in [2.45, 2.75) is 44.7 Å². The Kier molecular flexibility index (Phi) is 3.83. The zero-order chi connectivity index (χ0) is 14.6. The van der Waals surface area contributed by atoms with Crippen molar-refractivity contribution in [2.75, 3.05) is 0 Å². The third-order valence-corrected chi connectivity index (χ3v) is 7.28. The van der Waals surface area contributed by atoms with Gasteiger partial charge in [-0.05, 0) is 98.9 Å². The lowest BCUT2D eigenvalue weighted by Crippen LogP contribution is -2.38. The molecule has 1 aromatic carbocycles. The fourth-order valence-electron chi connectivity index (χ4n) is 5.27. The average Bonchev–Trinajstić information content (AvgIpc) is 3.13. The zero-order valence-electron chi connectivity index (χ0n) is 12.0. The summed E-state index contributed by atoms with van der Waals surface area (Å²) in [5.74, 6) is 4.28. The Labute approximate surface area is 143 Å². The molecule has 0 saturated heterocycles. The normalized spacial score (nSPS) is 37.1. The molecule has 4 heteroatoms. The van der Waals surface area contributed by atoms with Gasteiger partial charge in [0.2, 0.25) is 0 Å². The first-order valence-corrected chi connectivity index (χ1v) is 9.62. The fraction of sp³-hybridized carbons (Fsp3) is 0.647. The number of benzene rings is 1. The van der Waals surface area contributed by atoms with Crippen LogP contribution >= 0.6 is 31.9 Å². The van der Waals surface area contributed by atoms with Gasteiger partial charge in [-0.2, -0.15) is 0 Å². The smallest absolute Gasteiger partial charge is 0.143 e. The van der Waals surface area contributed by atoms with Crippen LogP contribution in [0, 0.1) is 23.7 Å². The quantitative estimate of drug-likeness (QED) is 0.742. The van der Waals surface area contributed by atoms with E-state index in [1.165, 1.54) is 37.7 Å². The van der Waals surface area contributed by atoms with Gasteiger partial charge >= 0.3 is 0 Å².